The molecular weight excluding hydrogens is 422 g/mol. The summed E-state index contributed by atoms with van der Waals surface area (Å²) in [5.74, 6) is 7.84. The number of nitrogens with zero attached hydrogens (tertiary/aromatic N) is 5. The molecule has 8 heteroatoms. The van der Waals surface area contributed by atoms with E-state index in [1.54, 1.807) is 7.11 Å². The van der Waals surface area contributed by atoms with Crippen molar-refractivity contribution < 1.29 is 9.84 Å². The van der Waals surface area contributed by atoms with Crippen molar-refractivity contribution in [3.8, 4) is 22.5 Å². The average Bonchev–Trinajstić information content (AvgIpc) is 3.51. The summed E-state index contributed by atoms with van der Waals surface area (Å²) < 4.78 is 9.94. The molecular formula is C24H21N5O2S. The Kier molecular flexibility index (Phi) is 5.53. The third-order valence-electron chi connectivity index (χ3n) is 5.61. The van der Waals surface area contributed by atoms with Gasteiger partial charge in [-0.1, -0.05) is 42.2 Å². The summed E-state index contributed by atoms with van der Waals surface area (Å²) in [6.45, 7) is 1.21. The van der Waals surface area contributed by atoms with Gasteiger partial charge in [-0.15, -0.1) is 10.2 Å². The van der Waals surface area contributed by atoms with Crippen LogP contribution in [-0.2, 0) is 11.3 Å². The van der Waals surface area contributed by atoms with Gasteiger partial charge in [-0.25, -0.2) is 4.98 Å². The van der Waals surface area contributed by atoms with E-state index in [1.807, 2.05) is 30.3 Å². The highest BCUT2D eigenvalue weighted by Gasteiger charge is 2.37. The maximum atomic E-state index is 9.14. The second kappa shape index (κ2) is 8.63. The van der Waals surface area contributed by atoms with Gasteiger partial charge in [-0.2, -0.15) is 4.37 Å². The predicted octanol–water partition coefficient (Wildman–Crippen LogP) is 3.29. The molecule has 0 amide bonds. The number of hydrogen-bond donors (Lipinski definition) is 1. The van der Waals surface area contributed by atoms with Crippen LogP contribution in [0.2, 0.25) is 0 Å². The van der Waals surface area contributed by atoms with Crippen LogP contribution >= 0.6 is 11.5 Å². The molecule has 1 aliphatic rings. The monoisotopic (exact) mass is 443 g/mol. The van der Waals surface area contributed by atoms with E-state index in [4.69, 9.17) is 9.84 Å². The number of rotatable bonds is 4. The summed E-state index contributed by atoms with van der Waals surface area (Å²) >= 11 is 1.20. The summed E-state index contributed by atoms with van der Waals surface area (Å²) in [4.78, 5) is 6.37. The molecule has 0 saturated carbocycles. The fourth-order valence-corrected chi connectivity index (χ4v) is 4.42. The van der Waals surface area contributed by atoms with Crippen molar-refractivity contribution in [3.05, 3.63) is 66.0 Å². The Labute approximate surface area is 189 Å². The Morgan fingerprint density at radius 3 is 2.75 bits per heavy atom. The first-order chi connectivity index (χ1) is 15.7. The van der Waals surface area contributed by atoms with Crippen LogP contribution in [0.15, 0.2) is 54.6 Å². The molecule has 32 heavy (non-hydrogen) atoms. The Bertz CT molecular complexity index is 1310. The van der Waals surface area contributed by atoms with E-state index in [1.165, 1.54) is 22.3 Å². The van der Waals surface area contributed by atoms with Crippen molar-refractivity contribution in [3.63, 3.8) is 0 Å². The van der Waals surface area contributed by atoms with Gasteiger partial charge in [0.05, 0.1) is 6.54 Å². The highest BCUT2D eigenvalue weighted by Crippen LogP contribution is 2.29. The normalized spacial score (nSPS) is 18.0. The Hall–Kier alpha value is -3.38. The van der Waals surface area contributed by atoms with Gasteiger partial charge in [0, 0.05) is 25.6 Å². The standard InChI is InChI=1S/C24H21N5O2S/c1-31-24(11-10-17-6-7-18-4-2-3-5-19(18)14-17)12-13-29(16-24)22-9-8-20(26-27-22)23-25-21(15-30)28-32-23/h2-9,14,30H,12-13,15-16H2,1H3. The van der Waals surface area contributed by atoms with Gasteiger partial charge in [-0.3, -0.25) is 0 Å². The maximum absolute atomic E-state index is 9.14. The number of ether oxygens (including phenoxy) is 1. The predicted molar refractivity (Wildman–Crippen MR) is 124 cm³/mol. The van der Waals surface area contributed by atoms with Gasteiger partial charge >= 0.3 is 0 Å². The zero-order valence-electron chi connectivity index (χ0n) is 17.5. The second-order valence-electron chi connectivity index (χ2n) is 7.63. The van der Waals surface area contributed by atoms with E-state index in [-0.39, 0.29) is 6.61 Å². The highest BCUT2D eigenvalue weighted by molar-refractivity contribution is 7.09. The molecule has 2 aromatic heterocycles. The summed E-state index contributed by atoms with van der Waals surface area (Å²) in [5.41, 5.74) is 1.06. The molecule has 0 bridgehead atoms. The van der Waals surface area contributed by atoms with E-state index < -0.39 is 5.60 Å². The zero-order chi connectivity index (χ0) is 22.0. The van der Waals surface area contributed by atoms with Crippen molar-refractivity contribution in [1.29, 1.82) is 0 Å². The summed E-state index contributed by atoms with van der Waals surface area (Å²) in [6.07, 6.45) is 0.782. The lowest BCUT2D eigenvalue weighted by molar-refractivity contribution is 0.0602. The molecule has 2 aromatic carbocycles. The van der Waals surface area contributed by atoms with Crippen LogP contribution in [0.4, 0.5) is 5.82 Å². The topological polar surface area (TPSA) is 84.3 Å². The quantitative estimate of drug-likeness (QED) is 0.485. The van der Waals surface area contributed by atoms with Crippen molar-refractivity contribution in [2.45, 2.75) is 18.6 Å². The molecule has 1 aliphatic heterocycles. The first kappa shape index (κ1) is 20.5. The number of anilines is 1. The van der Waals surface area contributed by atoms with E-state index in [2.05, 4.69) is 60.6 Å². The number of hydrogen-bond acceptors (Lipinski definition) is 8. The summed E-state index contributed by atoms with van der Waals surface area (Å²) in [5, 5.41) is 20.8. The van der Waals surface area contributed by atoms with Crippen LogP contribution in [0.5, 0.6) is 0 Å². The molecule has 0 spiro atoms. The van der Waals surface area contributed by atoms with Crippen molar-refractivity contribution in [2.75, 3.05) is 25.1 Å². The van der Waals surface area contributed by atoms with E-state index >= 15 is 0 Å². The Morgan fingerprint density at radius 2 is 2.00 bits per heavy atom. The Balaban J connectivity index is 1.33. The number of fused-ring (bicyclic) bond motifs is 1. The molecule has 7 nitrogen and oxygen atoms in total. The first-order valence-corrected chi connectivity index (χ1v) is 11.0. The summed E-state index contributed by atoms with van der Waals surface area (Å²) in [6, 6.07) is 18.3. The average molecular weight is 444 g/mol. The molecule has 1 unspecified atom stereocenters. The number of benzene rings is 2. The molecule has 5 rings (SSSR count). The molecule has 0 aliphatic carbocycles. The van der Waals surface area contributed by atoms with E-state index in [0.29, 0.717) is 23.1 Å². The number of aromatic nitrogens is 4. The minimum Gasteiger partial charge on any atom is -0.388 e. The second-order valence-corrected chi connectivity index (χ2v) is 8.38. The van der Waals surface area contributed by atoms with Crippen LogP contribution in [0.1, 0.15) is 17.8 Å². The summed E-state index contributed by atoms with van der Waals surface area (Å²) in [7, 11) is 1.71. The molecule has 4 aromatic rings. The van der Waals surface area contributed by atoms with Gasteiger partial charge < -0.3 is 14.7 Å². The molecule has 3 heterocycles. The lowest BCUT2D eigenvalue weighted by Crippen LogP contribution is -2.34. The molecule has 1 fully saturated rings. The minimum absolute atomic E-state index is 0.185. The fourth-order valence-electron chi connectivity index (χ4n) is 3.78. The first-order valence-electron chi connectivity index (χ1n) is 10.3. The number of methoxy groups -OCH3 is 1. The van der Waals surface area contributed by atoms with Gasteiger partial charge in [0.1, 0.15) is 17.9 Å². The van der Waals surface area contributed by atoms with E-state index in [0.717, 1.165) is 24.3 Å². The molecule has 160 valence electrons. The van der Waals surface area contributed by atoms with Crippen molar-refractivity contribution in [2.24, 2.45) is 0 Å². The molecule has 1 atom stereocenters. The third kappa shape index (κ3) is 4.06. The highest BCUT2D eigenvalue weighted by atomic mass is 32.1. The van der Waals surface area contributed by atoms with Crippen LogP contribution in [0, 0.1) is 11.8 Å². The SMILES string of the molecule is COC1(C#Cc2ccc3ccccc3c2)CCN(c2ccc(-c3nc(CO)ns3)nn2)C1. The zero-order valence-corrected chi connectivity index (χ0v) is 18.3. The third-order valence-corrected chi connectivity index (χ3v) is 6.39. The largest absolute Gasteiger partial charge is 0.388 e. The van der Waals surface area contributed by atoms with Gasteiger partial charge in [0.15, 0.2) is 16.6 Å². The molecule has 1 N–H and O–H groups in total. The van der Waals surface area contributed by atoms with Crippen LogP contribution in [0.25, 0.3) is 21.5 Å². The Morgan fingerprint density at radius 1 is 1.12 bits per heavy atom. The number of aliphatic hydroxyl groups excluding tert-OH is 1. The molecule has 1 saturated heterocycles. The van der Waals surface area contributed by atoms with Gasteiger partial charge in [0.25, 0.3) is 0 Å². The fraction of sp³-hybridized carbons (Fsp3) is 0.250. The number of aliphatic hydroxyl groups is 1. The van der Waals surface area contributed by atoms with Crippen LogP contribution in [-0.4, -0.2) is 50.5 Å². The minimum atomic E-state index is -0.554. The van der Waals surface area contributed by atoms with Crippen LogP contribution in [0.3, 0.4) is 0 Å². The maximum Gasteiger partial charge on any atom is 0.168 e. The van der Waals surface area contributed by atoms with Crippen molar-refractivity contribution in [1.82, 2.24) is 19.6 Å². The molecule has 0 radical (unpaired) electrons. The lowest BCUT2D eigenvalue weighted by atomic mass is 10.0. The van der Waals surface area contributed by atoms with Gasteiger partial charge in [-0.05, 0) is 46.6 Å². The van der Waals surface area contributed by atoms with Crippen LogP contribution < -0.4 is 4.90 Å². The lowest BCUT2D eigenvalue weighted by Gasteiger charge is -2.22. The smallest absolute Gasteiger partial charge is 0.168 e. The van der Waals surface area contributed by atoms with E-state index in [9.17, 15) is 0 Å². The van der Waals surface area contributed by atoms with Gasteiger partial charge in [0.2, 0.25) is 0 Å². The van der Waals surface area contributed by atoms with Crippen molar-refractivity contribution >= 4 is 28.1 Å².